The standard InChI is InChI=1S/C32H53IO12/c33-10-6-1-2-7-11-36-12-13-37-14-15-38-16-17-39-18-19-40-20-21-41-22-23-42-24-25-43-26-27-44-28-29-45-32(35)31(34)30-8-4-3-5-9-30/h3-5,8-9H,1-2,6-7,10-29H2. The second-order valence-corrected chi connectivity index (χ2v) is 10.5. The lowest BCUT2D eigenvalue weighted by Crippen LogP contribution is -2.20. The smallest absolute Gasteiger partial charge is 0.379 e. The number of carbonyl (C=O) groups excluding carboxylic acids is 2. The Morgan fingerprint density at radius 3 is 1.13 bits per heavy atom. The minimum atomic E-state index is -0.893. The van der Waals surface area contributed by atoms with Gasteiger partial charge in [-0.3, -0.25) is 4.79 Å². The van der Waals surface area contributed by atoms with Gasteiger partial charge in [-0.25, -0.2) is 4.79 Å². The molecule has 12 nitrogen and oxygen atoms in total. The third-order valence-electron chi connectivity index (χ3n) is 5.83. The van der Waals surface area contributed by atoms with Crippen LogP contribution >= 0.6 is 22.6 Å². The van der Waals surface area contributed by atoms with Crippen molar-refractivity contribution in [2.24, 2.45) is 0 Å². The van der Waals surface area contributed by atoms with Gasteiger partial charge >= 0.3 is 5.97 Å². The lowest BCUT2D eigenvalue weighted by Gasteiger charge is -2.09. The normalized spacial score (nSPS) is 11.2. The van der Waals surface area contributed by atoms with Gasteiger partial charge in [0.15, 0.2) is 0 Å². The van der Waals surface area contributed by atoms with Crippen molar-refractivity contribution < 1.29 is 57.0 Å². The van der Waals surface area contributed by atoms with Crippen LogP contribution in [0, 0.1) is 0 Å². The first-order chi connectivity index (χ1) is 22.3. The van der Waals surface area contributed by atoms with Crippen molar-refractivity contribution in [1.29, 1.82) is 0 Å². The molecule has 0 amide bonds. The van der Waals surface area contributed by atoms with E-state index in [1.54, 1.807) is 30.3 Å². The largest absolute Gasteiger partial charge is 0.457 e. The van der Waals surface area contributed by atoms with E-state index in [1.807, 2.05) is 0 Å². The van der Waals surface area contributed by atoms with Gasteiger partial charge in [0, 0.05) is 12.2 Å². The first-order valence-corrected chi connectivity index (χ1v) is 17.3. The van der Waals surface area contributed by atoms with Crippen LogP contribution in [0.3, 0.4) is 0 Å². The van der Waals surface area contributed by atoms with Gasteiger partial charge < -0.3 is 47.4 Å². The van der Waals surface area contributed by atoms with E-state index in [0.717, 1.165) is 13.0 Å². The highest BCUT2D eigenvalue weighted by Crippen LogP contribution is 2.03. The Bertz CT molecular complexity index is 787. The van der Waals surface area contributed by atoms with Crippen LogP contribution in [0.4, 0.5) is 0 Å². The Hall–Kier alpha value is -1.27. The number of hydrogen-bond donors (Lipinski definition) is 0. The molecule has 1 rings (SSSR count). The second kappa shape index (κ2) is 34.1. The van der Waals surface area contributed by atoms with E-state index in [-0.39, 0.29) is 13.2 Å². The fourth-order valence-corrected chi connectivity index (χ4v) is 4.02. The Labute approximate surface area is 282 Å². The Morgan fingerprint density at radius 1 is 0.422 bits per heavy atom. The fourth-order valence-electron chi connectivity index (χ4n) is 3.48. The maximum Gasteiger partial charge on any atom is 0.379 e. The zero-order valence-corrected chi connectivity index (χ0v) is 28.8. The fraction of sp³-hybridized carbons (Fsp3) is 0.750. The summed E-state index contributed by atoms with van der Waals surface area (Å²) in [5.74, 6) is -1.57. The van der Waals surface area contributed by atoms with Crippen LogP contribution in [0.15, 0.2) is 30.3 Å². The third kappa shape index (κ3) is 28.7. The maximum atomic E-state index is 11.9. The Balaban J connectivity index is 1.67. The van der Waals surface area contributed by atoms with Crippen molar-refractivity contribution in [3.8, 4) is 0 Å². The maximum absolute atomic E-state index is 11.9. The molecule has 45 heavy (non-hydrogen) atoms. The lowest BCUT2D eigenvalue weighted by molar-refractivity contribution is -0.139. The molecule has 1 aromatic rings. The van der Waals surface area contributed by atoms with Crippen LogP contribution in [0.5, 0.6) is 0 Å². The summed E-state index contributed by atoms with van der Waals surface area (Å²) in [6.07, 6.45) is 4.95. The number of alkyl halides is 1. The van der Waals surface area contributed by atoms with Crippen LogP contribution in [-0.4, -0.2) is 142 Å². The van der Waals surface area contributed by atoms with Crippen LogP contribution in [0.25, 0.3) is 0 Å². The van der Waals surface area contributed by atoms with Gasteiger partial charge in [-0.1, -0.05) is 65.8 Å². The summed E-state index contributed by atoms with van der Waals surface area (Å²) >= 11 is 2.41. The molecule has 0 radical (unpaired) electrons. The van der Waals surface area contributed by atoms with Gasteiger partial charge in [-0.2, -0.15) is 0 Å². The zero-order chi connectivity index (χ0) is 32.3. The average Bonchev–Trinajstić information content (AvgIpc) is 3.06. The number of rotatable bonds is 35. The molecule has 0 bridgehead atoms. The first kappa shape index (κ1) is 41.8. The molecule has 0 aromatic heterocycles. The Morgan fingerprint density at radius 2 is 0.756 bits per heavy atom. The molecule has 0 saturated heterocycles. The summed E-state index contributed by atoms with van der Waals surface area (Å²) in [7, 11) is 0. The number of unbranched alkanes of at least 4 members (excludes halogenated alkanes) is 3. The van der Waals surface area contributed by atoms with Crippen molar-refractivity contribution in [3.05, 3.63) is 35.9 Å². The molecule has 0 heterocycles. The molecule has 0 aliphatic rings. The van der Waals surface area contributed by atoms with Crippen LogP contribution in [0.1, 0.15) is 36.0 Å². The summed E-state index contributed by atoms with van der Waals surface area (Å²) in [6, 6.07) is 8.27. The molecule has 0 aliphatic heterocycles. The number of benzene rings is 1. The SMILES string of the molecule is O=C(OCCOCCOCCOCCOCCOCCOCCOCCOCCOCCCCCCI)C(=O)c1ccccc1. The molecule has 1 aromatic carbocycles. The topological polar surface area (TPSA) is 126 Å². The predicted octanol–water partition coefficient (Wildman–Crippen LogP) is 3.56. The average molecular weight is 757 g/mol. The van der Waals surface area contributed by atoms with Gasteiger partial charge in [0.05, 0.1) is 112 Å². The highest BCUT2D eigenvalue weighted by atomic mass is 127. The van der Waals surface area contributed by atoms with Crippen molar-refractivity contribution in [2.75, 3.05) is 130 Å². The van der Waals surface area contributed by atoms with Crippen LogP contribution < -0.4 is 0 Å². The van der Waals surface area contributed by atoms with E-state index < -0.39 is 11.8 Å². The molecule has 0 spiro atoms. The number of Topliss-reactive ketones (excluding diaryl/α,β-unsaturated/α-hetero) is 1. The summed E-state index contributed by atoms with van der Waals surface area (Å²) in [5.41, 5.74) is 0.299. The van der Waals surface area contributed by atoms with E-state index in [2.05, 4.69) is 22.6 Å². The van der Waals surface area contributed by atoms with E-state index in [9.17, 15) is 9.59 Å². The summed E-state index contributed by atoms with van der Waals surface area (Å²) < 4.78 is 55.2. The van der Waals surface area contributed by atoms with Gasteiger partial charge in [0.1, 0.15) is 6.61 Å². The number of ether oxygens (including phenoxy) is 10. The monoisotopic (exact) mass is 756 g/mol. The molecular weight excluding hydrogens is 703 g/mol. The number of ketones is 1. The van der Waals surface area contributed by atoms with Crippen LogP contribution in [0.2, 0.25) is 0 Å². The quantitative estimate of drug-likeness (QED) is 0.0251. The molecule has 260 valence electrons. The number of carbonyl (C=O) groups is 2. The van der Waals surface area contributed by atoms with Gasteiger partial charge in [-0.15, -0.1) is 0 Å². The molecular formula is C32H53IO12. The van der Waals surface area contributed by atoms with Crippen molar-refractivity contribution in [3.63, 3.8) is 0 Å². The summed E-state index contributed by atoms with van der Waals surface area (Å²) in [4.78, 5) is 23.6. The van der Waals surface area contributed by atoms with Crippen molar-refractivity contribution >= 4 is 34.3 Å². The molecule has 13 heteroatoms. The second-order valence-electron chi connectivity index (χ2n) is 9.45. The minimum Gasteiger partial charge on any atom is -0.457 e. The van der Waals surface area contributed by atoms with Gasteiger partial charge in [-0.05, 0) is 17.3 Å². The zero-order valence-electron chi connectivity index (χ0n) is 26.6. The van der Waals surface area contributed by atoms with E-state index in [1.165, 1.54) is 23.7 Å². The Kier molecular flexibility index (Phi) is 31.6. The molecule has 0 saturated carbocycles. The number of halogens is 1. The van der Waals surface area contributed by atoms with Crippen molar-refractivity contribution in [1.82, 2.24) is 0 Å². The van der Waals surface area contributed by atoms with E-state index in [4.69, 9.17) is 47.4 Å². The number of esters is 1. The molecule has 0 fully saturated rings. The summed E-state index contributed by atoms with van der Waals surface area (Å²) in [5, 5.41) is 0. The van der Waals surface area contributed by atoms with Crippen molar-refractivity contribution in [2.45, 2.75) is 25.7 Å². The number of hydrogen-bond acceptors (Lipinski definition) is 12. The lowest BCUT2D eigenvalue weighted by atomic mass is 10.1. The van der Waals surface area contributed by atoms with E-state index in [0.29, 0.717) is 111 Å². The highest BCUT2D eigenvalue weighted by Gasteiger charge is 2.17. The van der Waals surface area contributed by atoms with Gasteiger partial charge in [0.2, 0.25) is 0 Å². The van der Waals surface area contributed by atoms with Gasteiger partial charge in [0.25, 0.3) is 5.78 Å². The van der Waals surface area contributed by atoms with Crippen LogP contribution in [-0.2, 0) is 52.2 Å². The predicted molar refractivity (Wildman–Crippen MR) is 176 cm³/mol. The highest BCUT2D eigenvalue weighted by molar-refractivity contribution is 14.1. The minimum absolute atomic E-state index is 0.00194. The van der Waals surface area contributed by atoms with E-state index >= 15 is 0 Å². The molecule has 0 N–H and O–H groups in total. The molecule has 0 aliphatic carbocycles. The third-order valence-corrected chi connectivity index (χ3v) is 6.59. The summed E-state index contributed by atoms with van der Waals surface area (Å²) in [6.45, 7) is 8.91. The molecule has 0 unspecified atom stereocenters. The molecule has 0 atom stereocenters. The first-order valence-electron chi connectivity index (χ1n) is 15.8.